The Morgan fingerprint density at radius 2 is 1.82 bits per heavy atom. The Kier molecular flexibility index (Phi) is 1.86. The summed E-state index contributed by atoms with van der Waals surface area (Å²) in [4.78, 5) is 0. The van der Waals surface area contributed by atoms with E-state index in [0.29, 0.717) is 11.8 Å². The smallest absolute Gasteiger partial charge is 0.176 e. The predicted molar refractivity (Wildman–Crippen MR) is 64.9 cm³/mol. The van der Waals surface area contributed by atoms with Crippen LogP contribution >= 0.6 is 0 Å². The van der Waals surface area contributed by atoms with Gasteiger partial charge in [0.2, 0.25) is 0 Å². The van der Waals surface area contributed by atoms with Gasteiger partial charge in [0.1, 0.15) is 0 Å². The molecule has 2 bridgehead atoms. The van der Waals surface area contributed by atoms with E-state index in [2.05, 4.69) is 30.8 Å². The van der Waals surface area contributed by atoms with Crippen LogP contribution in [-0.2, 0) is 9.47 Å². The fourth-order valence-electron chi connectivity index (χ4n) is 3.74. The van der Waals surface area contributed by atoms with Gasteiger partial charge in [0.05, 0.1) is 13.2 Å². The summed E-state index contributed by atoms with van der Waals surface area (Å²) in [5.74, 6) is 0.424. The van der Waals surface area contributed by atoms with Gasteiger partial charge in [0.25, 0.3) is 0 Å². The van der Waals surface area contributed by atoms with Crippen LogP contribution in [0.15, 0.2) is 36.4 Å². The van der Waals surface area contributed by atoms with Crippen molar-refractivity contribution in [1.29, 1.82) is 0 Å². The van der Waals surface area contributed by atoms with Crippen molar-refractivity contribution in [2.45, 2.75) is 30.5 Å². The number of allylic oxidation sites excluding steroid dienone is 1. The third-order valence-electron chi connectivity index (χ3n) is 4.50. The molecule has 1 aliphatic heterocycles. The number of hydrogen-bond donors (Lipinski definition) is 0. The van der Waals surface area contributed by atoms with Gasteiger partial charge < -0.3 is 9.47 Å². The highest BCUT2D eigenvalue weighted by Gasteiger charge is 2.55. The molecule has 2 unspecified atom stereocenters. The molecule has 88 valence electrons. The zero-order valence-corrected chi connectivity index (χ0v) is 9.82. The van der Waals surface area contributed by atoms with E-state index in [1.807, 2.05) is 0 Å². The lowest BCUT2D eigenvalue weighted by Crippen LogP contribution is -2.47. The van der Waals surface area contributed by atoms with Crippen molar-refractivity contribution in [1.82, 2.24) is 0 Å². The minimum atomic E-state index is -0.347. The second-order valence-electron chi connectivity index (χ2n) is 5.31. The highest BCUT2D eigenvalue weighted by molar-refractivity contribution is 5.47. The minimum absolute atomic E-state index is 0.346. The summed E-state index contributed by atoms with van der Waals surface area (Å²) in [5.41, 5.74) is 4.20. The van der Waals surface area contributed by atoms with E-state index in [-0.39, 0.29) is 5.79 Å². The van der Waals surface area contributed by atoms with Gasteiger partial charge in [-0.25, -0.2) is 0 Å². The first-order valence-corrected chi connectivity index (χ1v) is 6.34. The van der Waals surface area contributed by atoms with Crippen LogP contribution < -0.4 is 0 Å². The van der Waals surface area contributed by atoms with Crippen LogP contribution in [0.25, 0.3) is 0 Å². The molecule has 2 fully saturated rings. The Labute approximate surface area is 101 Å². The fraction of sp³-hybridized carbons (Fsp3) is 0.467. The van der Waals surface area contributed by atoms with Crippen LogP contribution in [-0.4, -0.2) is 19.0 Å². The Hall–Kier alpha value is -1.12. The van der Waals surface area contributed by atoms with E-state index in [9.17, 15) is 0 Å². The van der Waals surface area contributed by atoms with E-state index in [1.54, 1.807) is 0 Å². The molecule has 0 amide bonds. The van der Waals surface area contributed by atoms with Crippen LogP contribution in [0.2, 0.25) is 0 Å². The van der Waals surface area contributed by atoms with Crippen molar-refractivity contribution < 1.29 is 9.47 Å². The zero-order valence-electron chi connectivity index (χ0n) is 9.82. The van der Waals surface area contributed by atoms with Crippen molar-refractivity contribution in [2.24, 2.45) is 0 Å². The highest BCUT2D eigenvalue weighted by Crippen LogP contribution is 2.58. The molecular weight excluding hydrogens is 212 g/mol. The molecule has 1 saturated heterocycles. The largest absolute Gasteiger partial charge is 0.347 e. The summed E-state index contributed by atoms with van der Waals surface area (Å²) in [6.45, 7) is 5.71. The number of fused-ring (bicyclic) bond motifs is 1. The van der Waals surface area contributed by atoms with Crippen molar-refractivity contribution in [3.8, 4) is 0 Å². The van der Waals surface area contributed by atoms with E-state index in [1.165, 1.54) is 16.7 Å². The predicted octanol–water partition coefficient (Wildman–Crippen LogP) is 2.96. The van der Waals surface area contributed by atoms with E-state index in [0.717, 1.165) is 26.1 Å². The average molecular weight is 228 g/mol. The maximum Gasteiger partial charge on any atom is 0.176 e. The molecule has 2 heteroatoms. The summed E-state index contributed by atoms with van der Waals surface area (Å²) in [6, 6.07) is 8.70. The van der Waals surface area contributed by atoms with Crippen LogP contribution in [0.5, 0.6) is 0 Å². The summed E-state index contributed by atoms with van der Waals surface area (Å²) in [6.07, 6.45) is 1.97. The third-order valence-corrected chi connectivity index (χ3v) is 4.50. The molecule has 2 atom stereocenters. The van der Waals surface area contributed by atoms with E-state index < -0.39 is 0 Å². The third kappa shape index (κ3) is 1.17. The Bertz CT molecular complexity index is 485. The van der Waals surface area contributed by atoms with Gasteiger partial charge in [-0.05, 0) is 17.5 Å². The van der Waals surface area contributed by atoms with Gasteiger partial charge in [0.15, 0.2) is 5.79 Å². The zero-order chi connectivity index (χ0) is 11.5. The van der Waals surface area contributed by atoms with Crippen molar-refractivity contribution in [2.75, 3.05) is 13.2 Å². The van der Waals surface area contributed by atoms with Gasteiger partial charge in [-0.15, -0.1) is 0 Å². The molecule has 1 saturated carbocycles. The molecule has 0 radical (unpaired) electrons. The minimum Gasteiger partial charge on any atom is -0.347 e. The molecule has 1 spiro atoms. The lowest BCUT2D eigenvalue weighted by molar-refractivity contribution is -0.193. The summed E-state index contributed by atoms with van der Waals surface area (Å²) in [7, 11) is 0. The first-order valence-electron chi connectivity index (χ1n) is 6.34. The maximum absolute atomic E-state index is 5.96. The monoisotopic (exact) mass is 228 g/mol. The van der Waals surface area contributed by atoms with Crippen LogP contribution in [0.1, 0.15) is 35.8 Å². The van der Waals surface area contributed by atoms with Gasteiger partial charge in [0, 0.05) is 18.3 Å². The first-order chi connectivity index (χ1) is 8.30. The van der Waals surface area contributed by atoms with Gasteiger partial charge in [-0.1, -0.05) is 36.4 Å². The molecule has 17 heavy (non-hydrogen) atoms. The van der Waals surface area contributed by atoms with E-state index >= 15 is 0 Å². The Balaban J connectivity index is 1.90. The van der Waals surface area contributed by atoms with Gasteiger partial charge >= 0.3 is 0 Å². The van der Waals surface area contributed by atoms with Crippen LogP contribution in [0, 0.1) is 0 Å². The number of ether oxygens (including phenoxy) is 2. The maximum atomic E-state index is 5.96. The molecule has 1 heterocycles. The van der Waals surface area contributed by atoms with E-state index in [4.69, 9.17) is 9.47 Å². The fourth-order valence-corrected chi connectivity index (χ4v) is 3.74. The van der Waals surface area contributed by atoms with Crippen molar-refractivity contribution in [3.63, 3.8) is 0 Å². The molecule has 3 aliphatic carbocycles. The van der Waals surface area contributed by atoms with Gasteiger partial charge in [-0.3, -0.25) is 0 Å². The molecule has 1 aromatic rings. The molecule has 5 rings (SSSR count). The van der Waals surface area contributed by atoms with Crippen LogP contribution in [0.3, 0.4) is 0 Å². The lowest BCUT2D eigenvalue weighted by atomic mass is 9.62. The Morgan fingerprint density at radius 3 is 2.59 bits per heavy atom. The molecular formula is C15H16O2. The second-order valence-corrected chi connectivity index (χ2v) is 5.31. The lowest BCUT2D eigenvalue weighted by Gasteiger charge is -2.50. The summed E-state index contributed by atoms with van der Waals surface area (Å²) in [5, 5.41) is 0. The van der Waals surface area contributed by atoms with Crippen LogP contribution in [0.4, 0.5) is 0 Å². The Morgan fingerprint density at radius 1 is 1.12 bits per heavy atom. The average Bonchev–Trinajstić information content (AvgIpc) is 2.81. The molecule has 2 nitrogen and oxygen atoms in total. The second kappa shape index (κ2) is 3.21. The number of benzene rings is 1. The normalized spacial score (nSPS) is 33.1. The standard InChI is InChI=1S/C15H16O2/c1-10-8-14-12-5-3-2-4-11(12)13(10)9-15(14)16-6-7-17-15/h2-5,13-14H,1,6-9H2. The topological polar surface area (TPSA) is 18.5 Å². The SMILES string of the molecule is C=C1CC2c3ccccc3C1CC21OCCO1. The summed E-state index contributed by atoms with van der Waals surface area (Å²) < 4.78 is 11.9. The molecule has 0 aromatic heterocycles. The molecule has 4 aliphatic rings. The van der Waals surface area contributed by atoms with Crippen molar-refractivity contribution >= 4 is 0 Å². The van der Waals surface area contributed by atoms with Gasteiger partial charge in [-0.2, -0.15) is 0 Å². The van der Waals surface area contributed by atoms with Crippen molar-refractivity contribution in [3.05, 3.63) is 47.5 Å². The quantitative estimate of drug-likeness (QED) is 0.636. The number of rotatable bonds is 0. The molecule has 1 aromatic carbocycles. The highest BCUT2D eigenvalue weighted by atomic mass is 16.7. The summed E-state index contributed by atoms with van der Waals surface area (Å²) >= 11 is 0. The number of hydrogen-bond acceptors (Lipinski definition) is 2. The first kappa shape index (κ1) is 9.86. The molecule has 0 N–H and O–H groups in total.